The van der Waals surface area contributed by atoms with Crippen LogP contribution in [0.2, 0.25) is 0 Å². The molecule has 0 amide bonds. The molecule has 1 aromatic heterocycles. The van der Waals surface area contributed by atoms with Crippen LogP contribution in [0.5, 0.6) is 0 Å². The highest BCUT2D eigenvalue weighted by atomic mass is 16.5. The molecule has 0 bridgehead atoms. The number of esters is 1. The molecule has 4 heteroatoms. The van der Waals surface area contributed by atoms with Crippen molar-refractivity contribution in [3.63, 3.8) is 0 Å². The van der Waals surface area contributed by atoms with Crippen LogP contribution in [-0.4, -0.2) is 22.0 Å². The van der Waals surface area contributed by atoms with E-state index in [4.69, 9.17) is 4.74 Å². The topological polar surface area (TPSA) is 52.1 Å². The summed E-state index contributed by atoms with van der Waals surface area (Å²) in [6.07, 6.45) is 14.2. The average Bonchev–Trinajstić information content (AvgIpc) is 2.74. The zero-order chi connectivity index (χ0) is 19.8. The molecule has 0 radical (unpaired) electrons. The van der Waals surface area contributed by atoms with E-state index in [2.05, 4.69) is 23.8 Å². The fraction of sp³-hybridized carbons (Fsp3) is 0.542. The molecule has 0 spiro atoms. The normalized spacial score (nSPS) is 19.4. The summed E-state index contributed by atoms with van der Waals surface area (Å²) < 4.78 is 5.75. The van der Waals surface area contributed by atoms with Crippen LogP contribution in [0.3, 0.4) is 0 Å². The second kappa shape index (κ2) is 10.4. The number of hydrogen-bond acceptors (Lipinski definition) is 4. The van der Waals surface area contributed by atoms with Crippen LogP contribution in [0, 0.1) is 5.92 Å². The van der Waals surface area contributed by atoms with Crippen LogP contribution < -0.4 is 0 Å². The second-order valence-corrected chi connectivity index (χ2v) is 7.93. The lowest BCUT2D eigenvalue weighted by atomic mass is 9.84. The van der Waals surface area contributed by atoms with Gasteiger partial charge in [-0.05, 0) is 55.7 Å². The monoisotopic (exact) mass is 380 g/mol. The predicted molar refractivity (Wildman–Crippen MR) is 112 cm³/mol. The van der Waals surface area contributed by atoms with Crippen molar-refractivity contribution in [3.05, 3.63) is 47.8 Å². The van der Waals surface area contributed by atoms with Gasteiger partial charge in [0.25, 0.3) is 0 Å². The second-order valence-electron chi connectivity index (χ2n) is 7.93. The molecule has 1 aliphatic carbocycles. The van der Waals surface area contributed by atoms with E-state index in [0.717, 1.165) is 42.7 Å². The number of rotatable bonds is 8. The molecule has 28 heavy (non-hydrogen) atoms. The van der Waals surface area contributed by atoms with Gasteiger partial charge in [-0.15, -0.1) is 0 Å². The Morgan fingerprint density at radius 1 is 1.00 bits per heavy atom. The maximum atomic E-state index is 12.5. The van der Waals surface area contributed by atoms with Crippen molar-refractivity contribution in [2.75, 3.05) is 0 Å². The van der Waals surface area contributed by atoms with E-state index in [1.807, 2.05) is 36.7 Å². The van der Waals surface area contributed by atoms with Crippen molar-refractivity contribution in [1.29, 1.82) is 0 Å². The highest BCUT2D eigenvalue weighted by Gasteiger charge is 2.24. The quantitative estimate of drug-likeness (QED) is 0.527. The number of carbonyl (C=O) groups is 1. The van der Waals surface area contributed by atoms with E-state index in [1.165, 1.54) is 32.1 Å². The number of ether oxygens (including phenoxy) is 1. The molecule has 150 valence electrons. The Morgan fingerprint density at radius 2 is 1.68 bits per heavy atom. The van der Waals surface area contributed by atoms with Gasteiger partial charge in [-0.25, -0.2) is 14.8 Å². The molecule has 0 unspecified atom stereocenters. The third-order valence-electron chi connectivity index (χ3n) is 5.66. The lowest BCUT2D eigenvalue weighted by Crippen LogP contribution is -2.24. The number of hydrogen-bond donors (Lipinski definition) is 0. The minimum absolute atomic E-state index is 0.0690. The maximum Gasteiger partial charge on any atom is 0.338 e. The molecule has 0 saturated heterocycles. The van der Waals surface area contributed by atoms with Gasteiger partial charge in [0.2, 0.25) is 0 Å². The number of nitrogens with zero attached hydrogens (tertiary/aromatic N) is 2. The molecule has 3 rings (SSSR count). The molecular formula is C24H32N2O2. The lowest BCUT2D eigenvalue weighted by molar-refractivity contribution is 0.0161. The van der Waals surface area contributed by atoms with E-state index in [-0.39, 0.29) is 12.1 Å². The average molecular weight is 381 g/mol. The Labute approximate surface area is 168 Å². The van der Waals surface area contributed by atoms with E-state index in [1.54, 1.807) is 0 Å². The minimum Gasteiger partial charge on any atom is -0.459 e. The first kappa shape index (κ1) is 20.5. The molecule has 2 aromatic rings. The fourth-order valence-electron chi connectivity index (χ4n) is 3.93. The zero-order valence-corrected chi connectivity index (χ0v) is 17.2. The summed E-state index contributed by atoms with van der Waals surface area (Å²) in [5, 5.41) is 0. The number of benzene rings is 1. The maximum absolute atomic E-state index is 12.5. The van der Waals surface area contributed by atoms with E-state index in [9.17, 15) is 4.79 Å². The number of aryl methyl sites for hydroxylation is 1. The molecule has 0 aliphatic heterocycles. The van der Waals surface area contributed by atoms with Gasteiger partial charge < -0.3 is 4.74 Å². The largest absolute Gasteiger partial charge is 0.459 e. The third kappa shape index (κ3) is 5.63. The highest BCUT2D eigenvalue weighted by Crippen LogP contribution is 2.30. The van der Waals surface area contributed by atoms with Gasteiger partial charge in [0.15, 0.2) is 5.82 Å². The van der Waals surface area contributed by atoms with Crippen LogP contribution in [0.4, 0.5) is 0 Å². The van der Waals surface area contributed by atoms with Crippen LogP contribution in [0.15, 0.2) is 36.7 Å². The Kier molecular flexibility index (Phi) is 7.58. The summed E-state index contributed by atoms with van der Waals surface area (Å²) in [6, 6.07) is 7.42. The van der Waals surface area contributed by atoms with Crippen LogP contribution in [0.1, 0.15) is 81.1 Å². The van der Waals surface area contributed by atoms with Crippen molar-refractivity contribution in [2.45, 2.75) is 77.7 Å². The van der Waals surface area contributed by atoms with Crippen molar-refractivity contribution in [2.24, 2.45) is 5.92 Å². The number of unbranched alkanes of at least 4 members (excludes halogenated alkanes) is 1. The van der Waals surface area contributed by atoms with Crippen LogP contribution >= 0.6 is 0 Å². The predicted octanol–water partition coefficient (Wildman–Crippen LogP) is 6.00. The molecule has 0 N–H and O–H groups in total. The Morgan fingerprint density at radius 3 is 2.29 bits per heavy atom. The zero-order valence-electron chi connectivity index (χ0n) is 17.2. The fourth-order valence-corrected chi connectivity index (χ4v) is 3.93. The molecular weight excluding hydrogens is 348 g/mol. The Bertz CT molecular complexity index is 732. The first-order valence-electron chi connectivity index (χ1n) is 10.8. The van der Waals surface area contributed by atoms with Crippen LogP contribution in [0.25, 0.3) is 11.4 Å². The van der Waals surface area contributed by atoms with E-state index < -0.39 is 0 Å². The summed E-state index contributed by atoms with van der Waals surface area (Å²) in [6.45, 7) is 4.39. The summed E-state index contributed by atoms with van der Waals surface area (Å²) in [4.78, 5) is 21.4. The summed E-state index contributed by atoms with van der Waals surface area (Å²) in [5.74, 6) is 1.28. The van der Waals surface area contributed by atoms with E-state index in [0.29, 0.717) is 11.4 Å². The summed E-state index contributed by atoms with van der Waals surface area (Å²) >= 11 is 0. The first-order valence-corrected chi connectivity index (χ1v) is 10.8. The van der Waals surface area contributed by atoms with Crippen molar-refractivity contribution in [3.8, 4) is 11.4 Å². The van der Waals surface area contributed by atoms with Crippen molar-refractivity contribution < 1.29 is 9.53 Å². The Hall–Kier alpha value is -2.23. The smallest absolute Gasteiger partial charge is 0.338 e. The van der Waals surface area contributed by atoms with E-state index >= 15 is 0 Å². The first-order chi connectivity index (χ1) is 13.7. The van der Waals surface area contributed by atoms with Crippen molar-refractivity contribution >= 4 is 5.97 Å². The molecule has 1 heterocycles. The van der Waals surface area contributed by atoms with Gasteiger partial charge in [-0.1, -0.05) is 51.7 Å². The minimum atomic E-state index is -0.220. The summed E-state index contributed by atoms with van der Waals surface area (Å²) in [5.41, 5.74) is 2.66. The molecule has 1 saturated carbocycles. The van der Waals surface area contributed by atoms with Gasteiger partial charge in [0.1, 0.15) is 6.10 Å². The molecule has 0 atom stereocenters. The van der Waals surface area contributed by atoms with Gasteiger partial charge in [-0.3, -0.25) is 0 Å². The van der Waals surface area contributed by atoms with Gasteiger partial charge in [0.05, 0.1) is 5.56 Å². The Balaban J connectivity index is 1.52. The molecule has 1 aliphatic rings. The number of aromatic nitrogens is 2. The highest BCUT2D eigenvalue weighted by molar-refractivity contribution is 5.90. The SMILES string of the molecule is CCCCC1CCC(OC(=O)c2ccc(-c3ncc(CCC)cn3)cc2)CC1. The lowest BCUT2D eigenvalue weighted by Gasteiger charge is -2.28. The third-order valence-corrected chi connectivity index (χ3v) is 5.66. The van der Waals surface area contributed by atoms with Gasteiger partial charge >= 0.3 is 5.97 Å². The molecule has 1 fully saturated rings. The van der Waals surface area contributed by atoms with Gasteiger partial charge in [0, 0.05) is 18.0 Å². The van der Waals surface area contributed by atoms with Gasteiger partial charge in [-0.2, -0.15) is 0 Å². The number of carbonyl (C=O) groups excluding carboxylic acids is 1. The molecule has 4 nitrogen and oxygen atoms in total. The van der Waals surface area contributed by atoms with Crippen LogP contribution in [-0.2, 0) is 11.2 Å². The standard InChI is InChI=1S/C24H32N2O2/c1-3-5-7-18-8-14-22(15-9-18)28-24(27)21-12-10-20(11-13-21)23-25-16-19(6-4-2)17-26-23/h10-13,16-18,22H,3-9,14-15H2,1-2H3. The molecule has 1 aromatic carbocycles. The summed E-state index contributed by atoms with van der Waals surface area (Å²) in [7, 11) is 0. The van der Waals surface area contributed by atoms with Crippen molar-refractivity contribution in [1.82, 2.24) is 9.97 Å².